The molecule has 2 atom stereocenters. The second-order valence-corrected chi connectivity index (χ2v) is 7.18. The molecule has 1 aromatic rings. The molecule has 0 aliphatic heterocycles. The lowest BCUT2D eigenvalue weighted by atomic mass is 10.1. The zero-order valence-corrected chi connectivity index (χ0v) is 15.2. The summed E-state index contributed by atoms with van der Waals surface area (Å²) in [6.07, 6.45) is 3.18. The third-order valence-corrected chi connectivity index (χ3v) is 4.42. The van der Waals surface area contributed by atoms with Crippen molar-refractivity contribution in [3.8, 4) is 11.5 Å². The molecule has 0 heterocycles. The lowest BCUT2D eigenvalue weighted by Crippen LogP contribution is -2.21. The van der Waals surface area contributed by atoms with Gasteiger partial charge in [0.25, 0.3) is 0 Å². The second-order valence-electron chi connectivity index (χ2n) is 6.18. The fraction of sp³-hybridized carbons (Fsp3) is 0.412. The van der Waals surface area contributed by atoms with E-state index in [4.69, 9.17) is 27.9 Å². The molecular weight excluding hydrogens is 351 g/mol. The molecule has 0 saturated heterocycles. The molecule has 1 aliphatic carbocycles. The van der Waals surface area contributed by atoms with Crippen LogP contribution >= 0.6 is 23.2 Å². The van der Waals surface area contributed by atoms with Crippen LogP contribution in [0.15, 0.2) is 33.9 Å². The summed E-state index contributed by atoms with van der Waals surface area (Å²) in [5, 5.41) is 13.6. The molecule has 1 aromatic carbocycles. The monoisotopic (exact) mass is 370 g/mol. The van der Waals surface area contributed by atoms with E-state index >= 15 is 0 Å². The van der Waals surface area contributed by atoms with Gasteiger partial charge in [-0.05, 0) is 48.1 Å². The predicted octanol–water partition coefficient (Wildman–Crippen LogP) is 3.83. The molecule has 1 saturated carbocycles. The number of phenolic OH excluding ortho intramolecular Hbond substituents is 1. The third-order valence-electron chi connectivity index (χ3n) is 4.17. The van der Waals surface area contributed by atoms with Crippen LogP contribution in [0.5, 0.6) is 11.5 Å². The minimum absolute atomic E-state index is 0.00377. The van der Waals surface area contributed by atoms with E-state index in [1.165, 1.54) is 12.3 Å². The van der Waals surface area contributed by atoms with Gasteiger partial charge in [0, 0.05) is 0 Å². The number of nitrogens with one attached hydrogen (secondary N) is 1. The summed E-state index contributed by atoms with van der Waals surface area (Å²) in [6, 6.07) is 4.84. The number of nitrogens with zero attached hydrogens (tertiary/aromatic N) is 1. The van der Waals surface area contributed by atoms with Crippen LogP contribution < -0.4 is 10.2 Å². The van der Waals surface area contributed by atoms with Crippen molar-refractivity contribution < 1.29 is 14.6 Å². The zero-order valence-electron chi connectivity index (χ0n) is 13.7. The number of halogens is 2. The number of benzene rings is 1. The number of hydrazone groups is 1. The van der Waals surface area contributed by atoms with Crippen LogP contribution in [0.3, 0.4) is 0 Å². The molecule has 1 fully saturated rings. The average molecular weight is 371 g/mol. The van der Waals surface area contributed by atoms with Crippen molar-refractivity contribution in [3.05, 3.63) is 34.3 Å². The predicted molar refractivity (Wildman–Crippen MR) is 95.6 cm³/mol. The SMILES string of the molecule is CCOc1cc(/C=N/NC(=O)[C@H]2[C@H](C=C(Cl)Cl)C2(C)C)ccc1O. The van der Waals surface area contributed by atoms with Gasteiger partial charge in [-0.2, -0.15) is 5.10 Å². The van der Waals surface area contributed by atoms with Gasteiger partial charge in [0.2, 0.25) is 5.91 Å². The Kier molecular flexibility index (Phi) is 5.78. The lowest BCUT2D eigenvalue weighted by Gasteiger charge is -2.06. The van der Waals surface area contributed by atoms with E-state index in [0.29, 0.717) is 17.9 Å². The van der Waals surface area contributed by atoms with Crippen molar-refractivity contribution in [3.63, 3.8) is 0 Å². The van der Waals surface area contributed by atoms with Crippen LogP contribution in [0.2, 0.25) is 0 Å². The van der Waals surface area contributed by atoms with Gasteiger partial charge < -0.3 is 9.84 Å². The van der Waals surface area contributed by atoms with Crippen LogP contribution in [0.1, 0.15) is 26.3 Å². The Bertz CT molecular complexity index is 682. The number of ether oxygens (including phenoxy) is 1. The van der Waals surface area contributed by atoms with Crippen molar-refractivity contribution in [1.29, 1.82) is 0 Å². The maximum atomic E-state index is 12.2. The number of amides is 1. The zero-order chi connectivity index (χ0) is 17.9. The Labute approximate surface area is 151 Å². The number of aromatic hydroxyl groups is 1. The molecule has 0 aromatic heterocycles. The molecule has 0 spiro atoms. The fourth-order valence-corrected chi connectivity index (χ4v) is 3.02. The van der Waals surface area contributed by atoms with Gasteiger partial charge in [0.1, 0.15) is 4.49 Å². The molecule has 2 rings (SSSR count). The van der Waals surface area contributed by atoms with Crippen molar-refractivity contribution in [2.45, 2.75) is 20.8 Å². The molecule has 0 bridgehead atoms. The highest BCUT2D eigenvalue weighted by molar-refractivity contribution is 6.55. The average Bonchev–Trinajstić information content (AvgIpc) is 3.02. The highest BCUT2D eigenvalue weighted by atomic mass is 35.5. The van der Waals surface area contributed by atoms with Crippen molar-refractivity contribution in [2.75, 3.05) is 6.61 Å². The molecule has 2 N–H and O–H groups in total. The number of hydrogen-bond acceptors (Lipinski definition) is 4. The van der Waals surface area contributed by atoms with Crippen molar-refractivity contribution in [2.24, 2.45) is 22.4 Å². The van der Waals surface area contributed by atoms with Gasteiger partial charge in [-0.25, -0.2) is 5.43 Å². The number of hydrogen-bond donors (Lipinski definition) is 2. The second kappa shape index (κ2) is 7.45. The standard InChI is InChI=1S/C17H20Cl2N2O3/c1-4-24-13-7-10(5-6-12(13)22)9-20-21-16(23)15-11(8-14(18)19)17(15,2)3/h5-9,11,15,22H,4H2,1-3H3,(H,21,23)/b20-9+/t11-,15+/m0/s1. The van der Waals surface area contributed by atoms with E-state index in [1.807, 2.05) is 20.8 Å². The quantitative estimate of drug-likeness (QED) is 0.590. The maximum Gasteiger partial charge on any atom is 0.244 e. The smallest absolute Gasteiger partial charge is 0.244 e. The molecule has 0 unspecified atom stereocenters. The van der Waals surface area contributed by atoms with Crippen LogP contribution in [0.25, 0.3) is 0 Å². The molecule has 0 radical (unpaired) electrons. The van der Waals surface area contributed by atoms with Crippen molar-refractivity contribution >= 4 is 35.3 Å². The summed E-state index contributed by atoms with van der Waals surface area (Å²) in [6.45, 7) is 6.23. The van der Waals surface area contributed by atoms with Gasteiger partial charge in [0.05, 0.1) is 18.7 Å². The summed E-state index contributed by atoms with van der Waals surface area (Å²) in [7, 11) is 0. The largest absolute Gasteiger partial charge is 0.504 e. The highest BCUT2D eigenvalue weighted by Crippen LogP contribution is 2.59. The Morgan fingerprint density at radius 2 is 2.17 bits per heavy atom. The minimum Gasteiger partial charge on any atom is -0.504 e. The number of rotatable bonds is 6. The summed E-state index contributed by atoms with van der Waals surface area (Å²) in [5.74, 6) is 0.0242. The topological polar surface area (TPSA) is 70.9 Å². The third kappa shape index (κ3) is 4.22. The summed E-state index contributed by atoms with van der Waals surface area (Å²) < 4.78 is 5.47. The number of phenols is 1. The number of carbonyl (C=O) groups excluding carboxylic acids is 1. The molecule has 130 valence electrons. The van der Waals surface area contributed by atoms with E-state index in [2.05, 4.69) is 10.5 Å². The van der Waals surface area contributed by atoms with Crippen LogP contribution in [0.4, 0.5) is 0 Å². The van der Waals surface area contributed by atoms with E-state index in [1.54, 1.807) is 18.2 Å². The van der Waals surface area contributed by atoms with Gasteiger partial charge in [-0.3, -0.25) is 4.79 Å². The van der Waals surface area contributed by atoms with Crippen molar-refractivity contribution in [1.82, 2.24) is 5.43 Å². The maximum absolute atomic E-state index is 12.2. The van der Waals surface area contributed by atoms with Gasteiger partial charge in [-0.15, -0.1) is 0 Å². The van der Waals surface area contributed by atoms with E-state index < -0.39 is 0 Å². The summed E-state index contributed by atoms with van der Waals surface area (Å²) in [4.78, 5) is 12.2. The lowest BCUT2D eigenvalue weighted by molar-refractivity contribution is -0.123. The Balaban J connectivity index is 1.98. The number of carbonyl (C=O) groups is 1. The summed E-state index contributed by atoms with van der Waals surface area (Å²) in [5.41, 5.74) is 3.03. The first-order valence-corrected chi connectivity index (χ1v) is 8.34. The molecule has 5 nitrogen and oxygen atoms in total. The van der Waals surface area contributed by atoms with Gasteiger partial charge in [0.15, 0.2) is 11.5 Å². The van der Waals surface area contributed by atoms with Crippen LogP contribution in [-0.2, 0) is 4.79 Å². The normalized spacial score (nSPS) is 21.4. The first-order chi connectivity index (χ1) is 11.3. The molecule has 7 heteroatoms. The molecule has 1 aliphatic rings. The van der Waals surface area contributed by atoms with Gasteiger partial charge in [-0.1, -0.05) is 37.0 Å². The highest BCUT2D eigenvalue weighted by Gasteiger charge is 2.60. The minimum atomic E-state index is -0.221. The van der Waals surface area contributed by atoms with Gasteiger partial charge >= 0.3 is 0 Å². The Morgan fingerprint density at radius 1 is 1.46 bits per heavy atom. The molecule has 1 amide bonds. The van der Waals surface area contributed by atoms with E-state index in [9.17, 15) is 9.90 Å². The first-order valence-electron chi connectivity index (χ1n) is 7.59. The Hall–Kier alpha value is -1.72. The Morgan fingerprint density at radius 3 is 2.79 bits per heavy atom. The molecular formula is C17H20Cl2N2O3. The number of allylic oxidation sites excluding steroid dienone is 1. The fourth-order valence-electron chi connectivity index (χ4n) is 2.75. The van der Waals surface area contributed by atoms with Crippen LogP contribution in [-0.4, -0.2) is 23.8 Å². The van der Waals surface area contributed by atoms with E-state index in [0.717, 1.165) is 0 Å². The van der Waals surface area contributed by atoms with E-state index in [-0.39, 0.29) is 33.4 Å². The molecule has 24 heavy (non-hydrogen) atoms. The summed E-state index contributed by atoms with van der Waals surface area (Å²) >= 11 is 11.4. The van der Waals surface area contributed by atoms with Crippen LogP contribution in [0, 0.1) is 17.3 Å². The first kappa shape index (κ1) is 18.6.